The molecule has 0 saturated carbocycles. The number of amides is 1. The molecular weight excluding hydrogens is 340 g/mol. The zero-order valence-corrected chi connectivity index (χ0v) is 16.1. The molecule has 1 aromatic carbocycles. The predicted molar refractivity (Wildman–Crippen MR) is 96.9 cm³/mol. The molecule has 0 radical (unpaired) electrons. The molecule has 1 heterocycles. The summed E-state index contributed by atoms with van der Waals surface area (Å²) in [7, 11) is -3.43. The first-order valence-electron chi connectivity index (χ1n) is 8.87. The van der Waals surface area contributed by atoms with Gasteiger partial charge in [0.05, 0.1) is 17.6 Å². The Balaban J connectivity index is 1.95. The minimum Gasteiger partial charge on any atom is -0.375 e. The molecule has 25 heavy (non-hydrogen) atoms. The maximum absolute atomic E-state index is 12.5. The molecule has 140 valence electrons. The number of hydrogen-bond donors (Lipinski definition) is 0. The molecule has 0 spiro atoms. The summed E-state index contributed by atoms with van der Waals surface area (Å²) in [5.41, 5.74) is 0.966. The number of nitrogens with zero attached hydrogens (tertiary/aromatic N) is 2. The number of sulfonamides is 1. The van der Waals surface area contributed by atoms with E-state index in [4.69, 9.17) is 4.74 Å². The first-order chi connectivity index (χ1) is 11.9. The predicted octanol–water partition coefficient (Wildman–Crippen LogP) is 1.90. The van der Waals surface area contributed by atoms with Gasteiger partial charge in [-0.3, -0.25) is 4.79 Å². The Bertz CT molecular complexity index is 669. The summed E-state index contributed by atoms with van der Waals surface area (Å²) in [6.07, 6.45) is 1.12. The molecule has 0 aliphatic carbocycles. The number of rotatable bonds is 7. The number of ether oxygens (including phenoxy) is 1. The second-order valence-electron chi connectivity index (χ2n) is 6.25. The fourth-order valence-corrected chi connectivity index (χ4v) is 4.45. The minimum atomic E-state index is -3.43. The summed E-state index contributed by atoms with van der Waals surface area (Å²) < 4.78 is 31.8. The van der Waals surface area contributed by atoms with Gasteiger partial charge in [0.15, 0.2) is 0 Å². The van der Waals surface area contributed by atoms with Gasteiger partial charge in [-0.05, 0) is 31.0 Å². The average Bonchev–Trinajstić information content (AvgIpc) is 2.61. The standard InChI is InChI=1S/C18H28N2O4S/c1-4-20(5-2)25(22,23)17-9-6-16(7-10-17)8-11-18(21)19-12-13-24-15(3)14-19/h6-7,9-10,15H,4-5,8,11-14H2,1-3H3. The number of hydrogen-bond acceptors (Lipinski definition) is 4. The summed E-state index contributed by atoms with van der Waals surface area (Å²) in [6.45, 7) is 8.39. The second kappa shape index (κ2) is 8.78. The van der Waals surface area contributed by atoms with Gasteiger partial charge in [0.2, 0.25) is 15.9 Å². The van der Waals surface area contributed by atoms with Crippen LogP contribution in [-0.2, 0) is 26.0 Å². The van der Waals surface area contributed by atoms with Crippen molar-refractivity contribution in [1.82, 2.24) is 9.21 Å². The lowest BCUT2D eigenvalue weighted by Gasteiger charge is -2.31. The number of carbonyl (C=O) groups is 1. The van der Waals surface area contributed by atoms with Gasteiger partial charge in [0.25, 0.3) is 0 Å². The highest BCUT2D eigenvalue weighted by molar-refractivity contribution is 7.89. The van der Waals surface area contributed by atoms with Crippen LogP contribution >= 0.6 is 0 Å². The lowest BCUT2D eigenvalue weighted by Crippen LogP contribution is -2.44. The topological polar surface area (TPSA) is 66.9 Å². The number of morpholine rings is 1. The van der Waals surface area contributed by atoms with E-state index in [9.17, 15) is 13.2 Å². The van der Waals surface area contributed by atoms with Crippen molar-refractivity contribution < 1.29 is 17.9 Å². The van der Waals surface area contributed by atoms with Crippen molar-refractivity contribution in [3.05, 3.63) is 29.8 Å². The quantitative estimate of drug-likeness (QED) is 0.737. The molecule has 1 atom stereocenters. The van der Waals surface area contributed by atoms with E-state index in [0.717, 1.165) is 5.56 Å². The highest BCUT2D eigenvalue weighted by Gasteiger charge is 2.22. The molecule has 0 N–H and O–H groups in total. The highest BCUT2D eigenvalue weighted by atomic mass is 32.2. The fraction of sp³-hybridized carbons (Fsp3) is 0.611. The normalized spacial score (nSPS) is 18.6. The minimum absolute atomic E-state index is 0.0854. The van der Waals surface area contributed by atoms with Crippen LogP contribution in [0.15, 0.2) is 29.2 Å². The lowest BCUT2D eigenvalue weighted by molar-refractivity contribution is -0.138. The van der Waals surface area contributed by atoms with Crippen LogP contribution in [0, 0.1) is 0 Å². The average molecular weight is 368 g/mol. The van der Waals surface area contributed by atoms with Gasteiger partial charge >= 0.3 is 0 Å². The molecule has 1 aliphatic rings. The summed E-state index contributed by atoms with van der Waals surface area (Å²) in [6, 6.07) is 6.85. The Labute approximate surface area is 150 Å². The van der Waals surface area contributed by atoms with E-state index in [0.29, 0.717) is 50.5 Å². The van der Waals surface area contributed by atoms with Crippen LogP contribution in [0.5, 0.6) is 0 Å². The van der Waals surface area contributed by atoms with Crippen LogP contribution in [-0.4, -0.2) is 62.4 Å². The molecule has 1 amide bonds. The SMILES string of the molecule is CCN(CC)S(=O)(=O)c1ccc(CCC(=O)N2CCOC(C)C2)cc1. The summed E-state index contributed by atoms with van der Waals surface area (Å²) in [5, 5.41) is 0. The van der Waals surface area contributed by atoms with Gasteiger partial charge < -0.3 is 9.64 Å². The number of carbonyl (C=O) groups excluding carboxylic acids is 1. The van der Waals surface area contributed by atoms with Crippen LogP contribution in [0.4, 0.5) is 0 Å². The van der Waals surface area contributed by atoms with Crippen LogP contribution in [0.2, 0.25) is 0 Å². The van der Waals surface area contributed by atoms with E-state index in [1.165, 1.54) is 4.31 Å². The van der Waals surface area contributed by atoms with Crippen LogP contribution in [0.25, 0.3) is 0 Å². The Morgan fingerprint density at radius 2 is 1.88 bits per heavy atom. The van der Waals surface area contributed by atoms with Crippen molar-refractivity contribution in [2.24, 2.45) is 0 Å². The van der Waals surface area contributed by atoms with Gasteiger partial charge in [-0.25, -0.2) is 8.42 Å². The van der Waals surface area contributed by atoms with Gasteiger partial charge in [-0.1, -0.05) is 26.0 Å². The van der Waals surface area contributed by atoms with Crippen molar-refractivity contribution in [3.63, 3.8) is 0 Å². The second-order valence-corrected chi connectivity index (χ2v) is 8.19. The zero-order chi connectivity index (χ0) is 18.4. The largest absolute Gasteiger partial charge is 0.375 e. The van der Waals surface area contributed by atoms with Gasteiger partial charge in [0.1, 0.15) is 0 Å². The van der Waals surface area contributed by atoms with E-state index in [-0.39, 0.29) is 12.0 Å². The molecule has 0 aromatic heterocycles. The maximum Gasteiger partial charge on any atom is 0.243 e. The molecule has 1 aliphatic heterocycles. The molecule has 1 fully saturated rings. The fourth-order valence-electron chi connectivity index (χ4n) is 3.00. The molecule has 2 rings (SSSR count). The van der Waals surface area contributed by atoms with Crippen LogP contribution in [0.3, 0.4) is 0 Å². The molecule has 6 nitrogen and oxygen atoms in total. The molecule has 7 heteroatoms. The maximum atomic E-state index is 12.5. The summed E-state index contributed by atoms with van der Waals surface area (Å²) in [5.74, 6) is 0.120. The highest BCUT2D eigenvalue weighted by Crippen LogP contribution is 2.17. The van der Waals surface area contributed by atoms with Gasteiger partial charge in [0, 0.05) is 32.6 Å². The van der Waals surface area contributed by atoms with E-state index < -0.39 is 10.0 Å². The number of benzene rings is 1. The third kappa shape index (κ3) is 5.03. The van der Waals surface area contributed by atoms with E-state index in [1.807, 2.05) is 25.7 Å². The van der Waals surface area contributed by atoms with Gasteiger partial charge in [-0.15, -0.1) is 0 Å². The Morgan fingerprint density at radius 1 is 1.24 bits per heavy atom. The van der Waals surface area contributed by atoms with Crippen molar-refractivity contribution >= 4 is 15.9 Å². The van der Waals surface area contributed by atoms with Crippen LogP contribution in [0.1, 0.15) is 32.8 Å². The van der Waals surface area contributed by atoms with Crippen LogP contribution < -0.4 is 0 Å². The van der Waals surface area contributed by atoms with E-state index in [1.54, 1.807) is 24.3 Å². The zero-order valence-electron chi connectivity index (χ0n) is 15.3. The Hall–Kier alpha value is -1.44. The third-order valence-corrected chi connectivity index (χ3v) is 6.55. The molecule has 1 aromatic rings. The summed E-state index contributed by atoms with van der Waals surface area (Å²) in [4.78, 5) is 14.4. The lowest BCUT2D eigenvalue weighted by atomic mass is 10.1. The Morgan fingerprint density at radius 3 is 2.44 bits per heavy atom. The number of aryl methyl sites for hydroxylation is 1. The first kappa shape index (κ1) is 19.9. The van der Waals surface area contributed by atoms with Crippen molar-refractivity contribution in [2.75, 3.05) is 32.8 Å². The molecule has 1 saturated heterocycles. The molecular formula is C18H28N2O4S. The molecule has 1 unspecified atom stereocenters. The molecule has 0 bridgehead atoms. The summed E-state index contributed by atoms with van der Waals surface area (Å²) >= 11 is 0. The first-order valence-corrected chi connectivity index (χ1v) is 10.3. The monoisotopic (exact) mass is 368 g/mol. The van der Waals surface area contributed by atoms with E-state index in [2.05, 4.69) is 0 Å². The Kier molecular flexibility index (Phi) is 6.98. The van der Waals surface area contributed by atoms with Gasteiger partial charge in [-0.2, -0.15) is 4.31 Å². The third-order valence-electron chi connectivity index (χ3n) is 4.49. The van der Waals surface area contributed by atoms with E-state index >= 15 is 0 Å². The van der Waals surface area contributed by atoms with Crippen molar-refractivity contribution in [2.45, 2.75) is 44.6 Å². The smallest absolute Gasteiger partial charge is 0.243 e. The van der Waals surface area contributed by atoms with Crippen molar-refractivity contribution in [3.8, 4) is 0 Å². The van der Waals surface area contributed by atoms with Crippen molar-refractivity contribution in [1.29, 1.82) is 0 Å².